The Balaban J connectivity index is 1.60. The van der Waals surface area contributed by atoms with Gasteiger partial charge in [-0.05, 0) is 48.4 Å². The van der Waals surface area contributed by atoms with Gasteiger partial charge < -0.3 is 19.7 Å². The summed E-state index contributed by atoms with van der Waals surface area (Å²) >= 11 is 0. The fraction of sp³-hybridized carbons (Fsp3) is 0.240. The monoisotopic (exact) mass is 397 g/mol. The number of anilines is 1. The SMILES string of the molecule is C#Cc1ccc2c(c1)c1c(n2CC(O)CNc2cccc(OC)c2)C=CC(C#N)C1. The molecule has 1 aliphatic rings. The predicted molar refractivity (Wildman–Crippen MR) is 119 cm³/mol. The van der Waals surface area contributed by atoms with Crippen molar-refractivity contribution < 1.29 is 9.84 Å². The molecule has 2 aromatic carbocycles. The Morgan fingerprint density at radius 1 is 1.33 bits per heavy atom. The highest BCUT2D eigenvalue weighted by molar-refractivity contribution is 5.90. The highest BCUT2D eigenvalue weighted by Gasteiger charge is 2.23. The molecule has 30 heavy (non-hydrogen) atoms. The zero-order chi connectivity index (χ0) is 21.1. The third kappa shape index (κ3) is 3.76. The highest BCUT2D eigenvalue weighted by atomic mass is 16.5. The number of methoxy groups -OCH3 is 1. The molecule has 0 aliphatic heterocycles. The van der Waals surface area contributed by atoms with Crippen LogP contribution >= 0.6 is 0 Å². The van der Waals surface area contributed by atoms with E-state index in [1.165, 1.54) is 0 Å². The van der Waals surface area contributed by atoms with Gasteiger partial charge in [0.25, 0.3) is 0 Å². The van der Waals surface area contributed by atoms with E-state index in [1.807, 2.05) is 54.6 Å². The molecule has 2 unspecified atom stereocenters. The van der Waals surface area contributed by atoms with Gasteiger partial charge in [-0.25, -0.2) is 0 Å². The van der Waals surface area contributed by atoms with Gasteiger partial charge in [0.2, 0.25) is 0 Å². The fourth-order valence-corrected chi connectivity index (χ4v) is 3.96. The molecule has 4 rings (SSSR count). The van der Waals surface area contributed by atoms with Crippen molar-refractivity contribution >= 4 is 22.7 Å². The number of nitriles is 1. The van der Waals surface area contributed by atoms with Gasteiger partial charge in [-0.1, -0.05) is 18.1 Å². The van der Waals surface area contributed by atoms with Crippen LogP contribution in [0.5, 0.6) is 5.75 Å². The van der Waals surface area contributed by atoms with Crippen LogP contribution in [0.3, 0.4) is 0 Å². The lowest BCUT2D eigenvalue weighted by atomic mass is 9.92. The maximum absolute atomic E-state index is 10.7. The number of ether oxygens (including phenoxy) is 1. The van der Waals surface area contributed by atoms with E-state index in [-0.39, 0.29) is 5.92 Å². The first kappa shape index (κ1) is 19.6. The second kappa shape index (κ2) is 8.37. The minimum atomic E-state index is -0.606. The Bertz CT molecular complexity index is 1190. The van der Waals surface area contributed by atoms with E-state index >= 15 is 0 Å². The molecule has 0 saturated carbocycles. The molecule has 0 radical (unpaired) electrons. The standard InChI is InChI=1S/C25H23N3O2/c1-3-17-7-9-24-22(11-17)23-12-18(14-26)8-10-25(23)28(24)16-20(29)15-27-19-5-4-6-21(13-19)30-2/h1,4-11,13,18,20,27,29H,12,15-16H2,2H3. The normalized spacial score (nSPS) is 15.8. The lowest BCUT2D eigenvalue weighted by Crippen LogP contribution is -2.25. The van der Waals surface area contributed by atoms with E-state index < -0.39 is 6.10 Å². The van der Waals surface area contributed by atoms with Gasteiger partial charge in [0.1, 0.15) is 5.75 Å². The van der Waals surface area contributed by atoms with Crippen LogP contribution in [-0.2, 0) is 13.0 Å². The molecular formula is C25H23N3O2. The number of fused-ring (bicyclic) bond motifs is 3. The van der Waals surface area contributed by atoms with Gasteiger partial charge >= 0.3 is 0 Å². The molecule has 3 aromatic rings. The summed E-state index contributed by atoms with van der Waals surface area (Å²) in [6.07, 6.45) is 9.56. The number of hydrogen-bond donors (Lipinski definition) is 2. The molecule has 0 fully saturated rings. The summed E-state index contributed by atoms with van der Waals surface area (Å²) in [7, 11) is 1.63. The Labute approximate surface area is 176 Å². The number of allylic oxidation sites excluding steroid dienone is 1. The van der Waals surface area contributed by atoms with E-state index in [0.717, 1.165) is 39.2 Å². The average molecular weight is 397 g/mol. The minimum Gasteiger partial charge on any atom is -0.497 e. The van der Waals surface area contributed by atoms with Crippen LogP contribution in [-0.4, -0.2) is 29.4 Å². The Morgan fingerprint density at radius 3 is 2.97 bits per heavy atom. The van der Waals surface area contributed by atoms with Gasteiger partial charge in [0.15, 0.2) is 0 Å². The molecule has 1 aliphatic carbocycles. The first-order chi connectivity index (χ1) is 14.6. The Morgan fingerprint density at radius 2 is 2.20 bits per heavy atom. The summed E-state index contributed by atoms with van der Waals surface area (Å²) in [5, 5.41) is 24.4. The topological polar surface area (TPSA) is 70.2 Å². The van der Waals surface area contributed by atoms with Crippen molar-refractivity contribution in [3.63, 3.8) is 0 Å². The second-order valence-electron chi connectivity index (χ2n) is 7.42. The summed E-state index contributed by atoms with van der Waals surface area (Å²) in [4.78, 5) is 0. The number of terminal acetylenes is 1. The molecule has 1 aromatic heterocycles. The molecule has 5 heteroatoms. The van der Waals surface area contributed by atoms with Gasteiger partial charge in [-0.3, -0.25) is 0 Å². The highest BCUT2D eigenvalue weighted by Crippen LogP contribution is 2.34. The third-order valence-electron chi connectivity index (χ3n) is 5.46. The van der Waals surface area contributed by atoms with E-state index in [0.29, 0.717) is 19.5 Å². The molecular weight excluding hydrogens is 374 g/mol. The van der Waals surface area contributed by atoms with E-state index in [9.17, 15) is 10.4 Å². The van der Waals surface area contributed by atoms with Crippen LogP contribution in [0.25, 0.3) is 17.0 Å². The van der Waals surface area contributed by atoms with Crippen molar-refractivity contribution in [2.45, 2.75) is 19.1 Å². The van der Waals surface area contributed by atoms with Crippen LogP contribution in [0.1, 0.15) is 16.8 Å². The number of aliphatic hydroxyl groups excluding tert-OH is 1. The van der Waals surface area contributed by atoms with Crippen LogP contribution in [0.2, 0.25) is 0 Å². The van der Waals surface area contributed by atoms with Crippen molar-refractivity contribution in [2.75, 3.05) is 19.0 Å². The number of nitrogens with zero attached hydrogens (tertiary/aromatic N) is 2. The van der Waals surface area contributed by atoms with Gasteiger partial charge in [0.05, 0.1) is 31.7 Å². The summed E-state index contributed by atoms with van der Waals surface area (Å²) in [5.74, 6) is 3.30. The summed E-state index contributed by atoms with van der Waals surface area (Å²) in [5.41, 5.74) is 4.87. The first-order valence-corrected chi connectivity index (χ1v) is 9.88. The number of nitrogens with one attached hydrogen (secondary N) is 1. The zero-order valence-corrected chi connectivity index (χ0v) is 16.8. The van der Waals surface area contributed by atoms with Crippen LogP contribution in [0.15, 0.2) is 48.5 Å². The quantitative estimate of drug-likeness (QED) is 0.621. The van der Waals surface area contributed by atoms with Crippen molar-refractivity contribution in [3.05, 3.63) is 65.4 Å². The number of hydrogen-bond acceptors (Lipinski definition) is 4. The summed E-state index contributed by atoms with van der Waals surface area (Å²) in [6.45, 7) is 0.828. The smallest absolute Gasteiger partial charge is 0.120 e. The van der Waals surface area contributed by atoms with Crippen LogP contribution in [0.4, 0.5) is 5.69 Å². The van der Waals surface area contributed by atoms with Crippen molar-refractivity contribution in [1.29, 1.82) is 5.26 Å². The largest absolute Gasteiger partial charge is 0.497 e. The number of rotatable bonds is 6. The van der Waals surface area contributed by atoms with Crippen molar-refractivity contribution in [1.82, 2.24) is 4.57 Å². The Hall–Kier alpha value is -3.67. The van der Waals surface area contributed by atoms with Gasteiger partial charge in [-0.15, -0.1) is 6.42 Å². The van der Waals surface area contributed by atoms with Crippen molar-refractivity contribution in [2.24, 2.45) is 5.92 Å². The maximum atomic E-state index is 10.7. The molecule has 0 bridgehead atoms. The molecule has 1 heterocycles. The molecule has 2 atom stereocenters. The summed E-state index contributed by atoms with van der Waals surface area (Å²) < 4.78 is 7.36. The number of benzene rings is 2. The number of aromatic nitrogens is 1. The fourth-order valence-electron chi connectivity index (χ4n) is 3.96. The molecule has 2 N–H and O–H groups in total. The van der Waals surface area contributed by atoms with Crippen LogP contribution in [0, 0.1) is 29.6 Å². The van der Waals surface area contributed by atoms with Gasteiger partial charge in [-0.2, -0.15) is 5.26 Å². The molecule has 0 saturated heterocycles. The lowest BCUT2D eigenvalue weighted by molar-refractivity contribution is 0.168. The van der Waals surface area contributed by atoms with E-state index in [4.69, 9.17) is 11.2 Å². The lowest BCUT2D eigenvalue weighted by Gasteiger charge is -2.18. The molecule has 0 spiro atoms. The van der Waals surface area contributed by atoms with Crippen LogP contribution < -0.4 is 10.1 Å². The zero-order valence-electron chi connectivity index (χ0n) is 16.8. The third-order valence-corrected chi connectivity index (χ3v) is 5.46. The van der Waals surface area contributed by atoms with Crippen molar-refractivity contribution in [3.8, 4) is 24.2 Å². The van der Waals surface area contributed by atoms with E-state index in [2.05, 4.69) is 21.9 Å². The maximum Gasteiger partial charge on any atom is 0.120 e. The van der Waals surface area contributed by atoms with E-state index in [1.54, 1.807) is 7.11 Å². The summed E-state index contributed by atoms with van der Waals surface area (Å²) in [6, 6.07) is 15.9. The Kier molecular flexibility index (Phi) is 5.48. The first-order valence-electron chi connectivity index (χ1n) is 9.88. The average Bonchev–Trinajstić information content (AvgIpc) is 3.09. The molecule has 150 valence electrons. The second-order valence-corrected chi connectivity index (χ2v) is 7.42. The minimum absolute atomic E-state index is 0.148. The predicted octanol–water partition coefficient (Wildman–Crippen LogP) is 3.81. The number of aliphatic hydroxyl groups is 1. The van der Waals surface area contributed by atoms with Gasteiger partial charge in [0, 0.05) is 40.5 Å². The molecule has 0 amide bonds. The molecule has 5 nitrogen and oxygen atoms in total.